The van der Waals surface area contributed by atoms with E-state index in [1.165, 1.54) is 65.0 Å². The van der Waals surface area contributed by atoms with E-state index in [0.29, 0.717) is 5.56 Å². The third-order valence-electron chi connectivity index (χ3n) is 16.1. The zero-order chi connectivity index (χ0) is 79.4. The number of hydrogen-bond acceptors (Lipinski definition) is 22. The Hall–Kier alpha value is -10.1. The molecule has 1 heterocycles. The summed E-state index contributed by atoms with van der Waals surface area (Å²) in [5.74, 6) is -19.6. The van der Waals surface area contributed by atoms with Gasteiger partial charge in [-0.2, -0.15) is 0 Å². The van der Waals surface area contributed by atoms with Crippen LogP contribution in [0.5, 0.6) is 0 Å². The molecule has 15 atom stereocenters. The van der Waals surface area contributed by atoms with Gasteiger partial charge in [-0.3, -0.25) is 62.5 Å². The van der Waals surface area contributed by atoms with Gasteiger partial charge in [0.15, 0.2) is 24.2 Å². The highest BCUT2D eigenvalue weighted by molar-refractivity contribution is 6.01. The fourth-order valence-electron chi connectivity index (χ4n) is 10.4. The molecule has 0 spiro atoms. The molecule has 21 N–H and O–H groups in total. The summed E-state index contributed by atoms with van der Waals surface area (Å²) in [5, 5.41) is 70.6. The summed E-state index contributed by atoms with van der Waals surface area (Å²) in [6.45, 7) is 17.3. The number of hydrogen-bond donors (Lipinski definition) is 18. The number of aliphatic hydroxyl groups excluding tert-OH is 4. The predicted molar refractivity (Wildman–Crippen MR) is 377 cm³/mol. The van der Waals surface area contributed by atoms with Crippen molar-refractivity contribution >= 4 is 89.0 Å². The second-order valence-corrected chi connectivity index (χ2v) is 28.5. The average molecular weight is 1480 g/mol. The van der Waals surface area contributed by atoms with Crippen LogP contribution in [0.2, 0.25) is 0 Å². The smallest absolute Gasteiger partial charge is 0.408 e. The van der Waals surface area contributed by atoms with E-state index in [-0.39, 0.29) is 56.8 Å². The van der Waals surface area contributed by atoms with Crippen molar-refractivity contribution in [1.29, 1.82) is 0 Å². The van der Waals surface area contributed by atoms with Gasteiger partial charge in [0.2, 0.25) is 65.0 Å². The minimum absolute atomic E-state index is 0.00379. The zero-order valence-electron chi connectivity index (χ0n) is 61.6. The second kappa shape index (κ2) is 42.0. The maximum Gasteiger partial charge on any atom is 0.408 e. The molecule has 12 amide bonds. The van der Waals surface area contributed by atoms with Gasteiger partial charge < -0.3 is 110 Å². The number of cyclic esters (lactones) is 1. The SMILES string of the molecule is CC[C@H](C)C1NC(=O)[C@@H](CCCN=C(N)N)NC(=O)[C@H](CC(C)C)NC(=O)[C@H]([C@H](O)C(C)C)NC(=O)[C@@H](NC(=O)[C@H](CC(=O)OC(C)(C)C)NC(=O)[C@@H](CC(C)(C)C)NC(=O)OCc2ccccc2)[C@@H](c2ccccc2)OC(=O)[C@H](CO)NC(=O)[C@H]([C@H](O)C(N)=O)NC(=O)CNC(=O)C([C@H](C)O)NC1=O. The van der Waals surface area contributed by atoms with Gasteiger partial charge in [0.05, 0.1) is 31.8 Å². The van der Waals surface area contributed by atoms with Crippen molar-refractivity contribution < 1.29 is 102 Å². The molecule has 1 saturated heterocycles. The number of aliphatic hydroxyl groups is 4. The molecular formula is C69H107N15O21. The van der Waals surface area contributed by atoms with Gasteiger partial charge >= 0.3 is 18.0 Å². The molecule has 584 valence electrons. The summed E-state index contributed by atoms with van der Waals surface area (Å²) < 4.78 is 17.0. The Labute approximate surface area is 609 Å². The number of carbonyl (C=O) groups is 14. The Morgan fingerprint density at radius 1 is 0.648 bits per heavy atom. The molecule has 2 aromatic rings. The number of primary amides is 1. The van der Waals surface area contributed by atoms with Gasteiger partial charge in [0.1, 0.15) is 66.6 Å². The van der Waals surface area contributed by atoms with E-state index in [2.05, 4.69) is 52.8 Å². The molecule has 36 heteroatoms. The third-order valence-corrected chi connectivity index (χ3v) is 16.1. The maximum atomic E-state index is 15.7. The Morgan fingerprint density at radius 2 is 1.20 bits per heavy atom. The normalized spacial score (nSPS) is 22.9. The van der Waals surface area contributed by atoms with Gasteiger partial charge in [-0.05, 0) is 87.7 Å². The lowest BCUT2D eigenvalue weighted by atomic mass is 9.87. The van der Waals surface area contributed by atoms with Crippen molar-refractivity contribution in [3.8, 4) is 0 Å². The van der Waals surface area contributed by atoms with Crippen molar-refractivity contribution in [2.24, 2.45) is 45.4 Å². The van der Waals surface area contributed by atoms with Gasteiger partial charge in [-0.15, -0.1) is 0 Å². The van der Waals surface area contributed by atoms with Crippen LogP contribution in [0.15, 0.2) is 65.7 Å². The van der Waals surface area contributed by atoms with E-state index < -0.39 is 216 Å². The summed E-state index contributed by atoms with van der Waals surface area (Å²) in [4.78, 5) is 205. The third kappa shape index (κ3) is 30.7. The Kier molecular flexibility index (Phi) is 35.7. The van der Waals surface area contributed by atoms with Crippen LogP contribution in [-0.4, -0.2) is 213 Å². The molecule has 0 aromatic heterocycles. The number of esters is 2. The molecule has 0 aliphatic carbocycles. The first-order valence-electron chi connectivity index (χ1n) is 34.4. The van der Waals surface area contributed by atoms with Crippen molar-refractivity contribution in [2.75, 3.05) is 19.7 Å². The van der Waals surface area contributed by atoms with E-state index in [1.54, 1.807) is 78.8 Å². The van der Waals surface area contributed by atoms with Crippen LogP contribution in [0.4, 0.5) is 4.79 Å². The summed E-state index contributed by atoms with van der Waals surface area (Å²) >= 11 is 0. The quantitative estimate of drug-likeness (QED) is 0.0152. The molecule has 0 bridgehead atoms. The average Bonchev–Trinajstić information content (AvgIpc) is 0.807. The van der Waals surface area contributed by atoms with Crippen molar-refractivity contribution in [1.82, 2.24) is 58.5 Å². The molecule has 0 saturated carbocycles. The first kappa shape index (κ1) is 89.1. The minimum Gasteiger partial charge on any atom is -0.460 e. The number of nitrogens with two attached hydrogens (primary N) is 3. The van der Waals surface area contributed by atoms with E-state index >= 15 is 14.4 Å². The van der Waals surface area contributed by atoms with Gasteiger partial charge in [0.25, 0.3) is 0 Å². The highest BCUT2D eigenvalue weighted by Crippen LogP contribution is 2.26. The molecule has 0 radical (unpaired) electrons. The number of aliphatic imine (C=N–C) groups is 1. The van der Waals surface area contributed by atoms with Crippen LogP contribution >= 0.6 is 0 Å². The molecule has 1 aliphatic heterocycles. The van der Waals surface area contributed by atoms with Crippen LogP contribution in [0.1, 0.15) is 146 Å². The highest BCUT2D eigenvalue weighted by Gasteiger charge is 2.45. The summed E-state index contributed by atoms with van der Waals surface area (Å²) in [7, 11) is 0. The highest BCUT2D eigenvalue weighted by atomic mass is 16.6. The zero-order valence-corrected chi connectivity index (χ0v) is 61.6. The lowest BCUT2D eigenvalue weighted by Gasteiger charge is -2.34. The lowest BCUT2D eigenvalue weighted by Crippen LogP contribution is -2.64. The molecule has 2 unspecified atom stereocenters. The molecule has 3 rings (SSSR count). The van der Waals surface area contributed by atoms with Crippen LogP contribution in [0.3, 0.4) is 0 Å². The van der Waals surface area contributed by atoms with Crippen LogP contribution in [0.25, 0.3) is 0 Å². The molecular weight excluding hydrogens is 1370 g/mol. The number of guanidine groups is 1. The number of nitrogens with one attached hydrogen (secondary N) is 11. The van der Waals surface area contributed by atoms with E-state index in [9.17, 15) is 73.2 Å². The maximum absolute atomic E-state index is 15.7. The molecule has 2 aromatic carbocycles. The Balaban J connectivity index is 2.48. The van der Waals surface area contributed by atoms with Gasteiger partial charge in [-0.25, -0.2) is 9.59 Å². The number of alkyl carbamates (subject to hydrolysis) is 1. The number of rotatable bonds is 25. The monoisotopic (exact) mass is 1480 g/mol. The van der Waals surface area contributed by atoms with Crippen LogP contribution in [0, 0.1) is 23.2 Å². The fourth-order valence-corrected chi connectivity index (χ4v) is 10.4. The van der Waals surface area contributed by atoms with E-state index in [0.717, 1.165) is 6.92 Å². The first-order chi connectivity index (χ1) is 49.0. The van der Waals surface area contributed by atoms with Gasteiger partial charge in [-0.1, -0.05) is 129 Å². The van der Waals surface area contributed by atoms with Crippen molar-refractivity contribution in [3.05, 3.63) is 71.8 Å². The van der Waals surface area contributed by atoms with Crippen molar-refractivity contribution in [2.45, 2.75) is 226 Å². The van der Waals surface area contributed by atoms with Crippen LogP contribution in [-0.2, 0) is 83.1 Å². The van der Waals surface area contributed by atoms with Crippen LogP contribution < -0.4 is 75.7 Å². The number of benzene rings is 2. The van der Waals surface area contributed by atoms with E-state index in [4.69, 9.17) is 31.4 Å². The van der Waals surface area contributed by atoms with Gasteiger partial charge in [0, 0.05) is 6.54 Å². The Bertz CT molecular complexity index is 3340. The minimum atomic E-state index is -2.64. The lowest BCUT2D eigenvalue weighted by molar-refractivity contribution is -0.159. The summed E-state index contributed by atoms with van der Waals surface area (Å²) in [5.41, 5.74) is 14.9. The first-order valence-corrected chi connectivity index (χ1v) is 34.4. The standard InChI is InChI=1S/C69H107N15O21/c1-14-36(6)47-61(97)82-48(37(7)86)60(96)74-31-45(87)80-50(53(90)55(70)91)63(99)78-44(32-85)65(101)104-54(39-24-19-16-20-25-39)51(64(100)83-49(52(89)35(4)5)62(98)77-41(28-34(2)3)57(93)75-40(56(92)81-47)26-21-27-73-66(71)72)84-58(94)42(29-46(88)105-69(11,12)13)76-59(95)43(30-68(8,9)10)79-67(102)103-33-38-22-17-15-18-23-38/h15-20,22-25,34-37,40-44,47-54,85-86,89-90H,14,21,26-33H2,1-13H3,(H2,70,91)(H,74,96)(H,75,93)(H,76,95)(H,77,98)(H,78,99)(H,79,102)(H,80,87)(H,81,92)(H,82,97)(H,83,100)(H,84,94)(H4,71,72,73)/t36-,37-,40+,41-,42-,43+,44-,47?,48?,49-,50-,51-,52+,53-,54+/m0/s1. The fraction of sp³-hybridized carbons (Fsp3) is 0.609. The number of carbonyl (C=O) groups excluding carboxylic acids is 14. The second-order valence-electron chi connectivity index (χ2n) is 28.5. The Morgan fingerprint density at radius 3 is 1.74 bits per heavy atom. The molecule has 1 fully saturated rings. The number of ether oxygens (including phenoxy) is 3. The van der Waals surface area contributed by atoms with E-state index in [1.807, 2.05) is 10.6 Å². The summed E-state index contributed by atoms with van der Waals surface area (Å²) in [6.07, 6.45) is -11.0. The van der Waals surface area contributed by atoms with Crippen molar-refractivity contribution in [3.63, 3.8) is 0 Å². The predicted octanol–water partition coefficient (Wildman–Crippen LogP) is -3.39. The molecule has 105 heavy (non-hydrogen) atoms. The topological polar surface area (TPSA) is 570 Å². The number of amides is 12. The molecule has 36 nitrogen and oxygen atoms in total. The number of nitrogens with zero attached hydrogens (tertiary/aromatic N) is 1. The summed E-state index contributed by atoms with van der Waals surface area (Å²) in [6, 6.07) is -4.46. The largest absolute Gasteiger partial charge is 0.460 e. The molecule has 1 aliphatic rings.